The summed E-state index contributed by atoms with van der Waals surface area (Å²) in [5.74, 6) is 0.339. The lowest BCUT2D eigenvalue weighted by atomic mass is 10.3. The van der Waals surface area contributed by atoms with Crippen molar-refractivity contribution in [1.29, 1.82) is 0 Å². The SMILES string of the molecule is Cl.O=S(=O)(NC1C2CNCC21)c1ccc(F)cc1Br. The van der Waals surface area contributed by atoms with E-state index >= 15 is 0 Å². The molecule has 2 unspecified atom stereocenters. The minimum Gasteiger partial charge on any atom is -0.316 e. The Bertz CT molecular complexity index is 588. The third-order valence-electron chi connectivity index (χ3n) is 3.57. The lowest BCUT2D eigenvalue weighted by molar-refractivity contribution is 0.564. The quantitative estimate of drug-likeness (QED) is 0.847. The fraction of sp³-hybridized carbons (Fsp3) is 0.455. The first-order valence-corrected chi connectivity index (χ1v) is 7.95. The number of sulfonamides is 1. The summed E-state index contributed by atoms with van der Waals surface area (Å²) < 4.78 is 40.2. The molecule has 0 spiro atoms. The molecular weight excluding hydrogens is 359 g/mol. The van der Waals surface area contributed by atoms with Crippen LogP contribution in [0, 0.1) is 17.7 Å². The van der Waals surface area contributed by atoms with Crippen molar-refractivity contribution < 1.29 is 12.8 Å². The van der Waals surface area contributed by atoms with Crippen molar-refractivity contribution >= 4 is 38.4 Å². The Kier molecular flexibility index (Phi) is 4.23. The molecule has 106 valence electrons. The van der Waals surface area contributed by atoms with E-state index in [0.29, 0.717) is 11.8 Å². The van der Waals surface area contributed by atoms with Crippen molar-refractivity contribution in [3.8, 4) is 0 Å². The second-order valence-corrected chi connectivity index (χ2v) is 7.24. The molecule has 1 aliphatic carbocycles. The summed E-state index contributed by atoms with van der Waals surface area (Å²) in [5, 5.41) is 3.20. The zero-order chi connectivity index (χ0) is 12.9. The number of halogens is 3. The minimum absolute atomic E-state index is 0. The molecule has 19 heavy (non-hydrogen) atoms. The van der Waals surface area contributed by atoms with Crippen LogP contribution in [0.5, 0.6) is 0 Å². The maximum atomic E-state index is 12.9. The van der Waals surface area contributed by atoms with Crippen LogP contribution in [0.4, 0.5) is 4.39 Å². The van der Waals surface area contributed by atoms with Gasteiger partial charge in [-0.2, -0.15) is 0 Å². The van der Waals surface area contributed by atoms with E-state index in [4.69, 9.17) is 0 Å². The molecule has 8 heteroatoms. The standard InChI is InChI=1S/C11H12BrFN2O2S.ClH/c12-9-3-6(13)1-2-10(9)18(16,17)15-11-7-4-14-5-8(7)11;/h1-3,7-8,11,14-15H,4-5H2;1H. The first kappa shape index (κ1) is 15.2. The molecule has 3 rings (SSSR count). The third-order valence-corrected chi connectivity index (χ3v) is 6.00. The van der Waals surface area contributed by atoms with Gasteiger partial charge in [-0.05, 0) is 59.1 Å². The maximum absolute atomic E-state index is 12.9. The van der Waals surface area contributed by atoms with Gasteiger partial charge in [-0.3, -0.25) is 0 Å². The van der Waals surface area contributed by atoms with E-state index in [1.807, 2.05) is 0 Å². The zero-order valence-corrected chi connectivity index (χ0v) is 13.0. The monoisotopic (exact) mass is 370 g/mol. The Labute approximate surface area is 125 Å². The molecule has 1 aromatic rings. The Morgan fingerprint density at radius 1 is 1.32 bits per heavy atom. The van der Waals surface area contributed by atoms with Crippen molar-refractivity contribution in [3.63, 3.8) is 0 Å². The Hall–Kier alpha value is -0.210. The van der Waals surface area contributed by atoms with Gasteiger partial charge in [0.25, 0.3) is 0 Å². The van der Waals surface area contributed by atoms with Crippen LogP contribution in [0.3, 0.4) is 0 Å². The highest BCUT2D eigenvalue weighted by Crippen LogP contribution is 2.42. The second-order valence-electron chi connectivity index (χ2n) is 4.71. The van der Waals surface area contributed by atoms with Crippen LogP contribution < -0.4 is 10.0 Å². The Morgan fingerprint density at radius 3 is 2.53 bits per heavy atom. The van der Waals surface area contributed by atoms with Gasteiger partial charge in [-0.25, -0.2) is 17.5 Å². The summed E-state index contributed by atoms with van der Waals surface area (Å²) in [5.41, 5.74) is 0. The third kappa shape index (κ3) is 2.80. The van der Waals surface area contributed by atoms with Gasteiger partial charge in [-0.1, -0.05) is 0 Å². The first-order valence-electron chi connectivity index (χ1n) is 5.67. The number of rotatable bonds is 3. The van der Waals surface area contributed by atoms with Gasteiger partial charge in [0.2, 0.25) is 10.0 Å². The largest absolute Gasteiger partial charge is 0.316 e. The van der Waals surface area contributed by atoms with Crippen LogP contribution in [0.2, 0.25) is 0 Å². The van der Waals surface area contributed by atoms with Gasteiger partial charge >= 0.3 is 0 Å². The number of nitrogens with one attached hydrogen (secondary N) is 2. The van der Waals surface area contributed by atoms with Crippen LogP contribution in [-0.4, -0.2) is 27.5 Å². The summed E-state index contributed by atoms with van der Waals surface area (Å²) in [6, 6.07) is 3.60. The van der Waals surface area contributed by atoms with Gasteiger partial charge in [0.05, 0.1) is 4.90 Å². The molecule has 1 saturated heterocycles. The van der Waals surface area contributed by atoms with E-state index in [1.54, 1.807) is 0 Å². The van der Waals surface area contributed by atoms with Gasteiger partial charge in [0.1, 0.15) is 5.82 Å². The number of hydrogen-bond acceptors (Lipinski definition) is 3. The molecule has 1 aliphatic heterocycles. The van der Waals surface area contributed by atoms with Crippen LogP contribution in [0.1, 0.15) is 0 Å². The number of benzene rings is 1. The zero-order valence-electron chi connectivity index (χ0n) is 9.77. The topological polar surface area (TPSA) is 58.2 Å². The molecule has 2 fully saturated rings. The van der Waals surface area contributed by atoms with E-state index < -0.39 is 15.8 Å². The van der Waals surface area contributed by atoms with Crippen molar-refractivity contribution in [2.75, 3.05) is 13.1 Å². The highest BCUT2D eigenvalue weighted by atomic mass is 79.9. The lowest BCUT2D eigenvalue weighted by Crippen LogP contribution is -2.32. The summed E-state index contributed by atoms with van der Waals surface area (Å²) in [4.78, 5) is 0.0850. The van der Waals surface area contributed by atoms with Crippen LogP contribution in [0.15, 0.2) is 27.6 Å². The molecule has 2 aliphatic rings. The van der Waals surface area contributed by atoms with Gasteiger partial charge in [0, 0.05) is 10.5 Å². The smallest absolute Gasteiger partial charge is 0.241 e. The molecular formula is C11H13BrClFN2O2S. The first-order chi connectivity index (χ1) is 8.49. The van der Waals surface area contributed by atoms with Crippen molar-refractivity contribution in [2.24, 2.45) is 11.8 Å². The number of fused-ring (bicyclic) bond motifs is 1. The van der Waals surface area contributed by atoms with Crippen LogP contribution in [-0.2, 0) is 10.0 Å². The summed E-state index contributed by atoms with van der Waals surface area (Å²) >= 11 is 3.08. The van der Waals surface area contributed by atoms with Crippen molar-refractivity contribution in [2.45, 2.75) is 10.9 Å². The molecule has 2 atom stereocenters. The van der Waals surface area contributed by atoms with Crippen molar-refractivity contribution in [1.82, 2.24) is 10.0 Å². The van der Waals surface area contributed by atoms with Gasteiger partial charge in [0.15, 0.2) is 0 Å². The predicted octanol–water partition coefficient (Wildman–Crippen LogP) is 1.51. The number of piperidine rings is 1. The molecule has 0 amide bonds. The summed E-state index contributed by atoms with van der Waals surface area (Å²) in [7, 11) is -3.58. The highest BCUT2D eigenvalue weighted by Gasteiger charge is 2.54. The van der Waals surface area contributed by atoms with E-state index in [-0.39, 0.29) is 27.8 Å². The fourth-order valence-electron chi connectivity index (χ4n) is 2.53. The average Bonchev–Trinajstić information content (AvgIpc) is 2.74. The molecule has 0 aromatic heterocycles. The maximum Gasteiger partial charge on any atom is 0.241 e. The van der Waals surface area contributed by atoms with E-state index in [2.05, 4.69) is 26.0 Å². The van der Waals surface area contributed by atoms with E-state index in [0.717, 1.165) is 25.2 Å². The average molecular weight is 372 g/mol. The molecule has 1 saturated carbocycles. The molecule has 1 aromatic carbocycles. The van der Waals surface area contributed by atoms with Crippen LogP contribution in [0.25, 0.3) is 0 Å². The highest BCUT2D eigenvalue weighted by molar-refractivity contribution is 9.10. The Balaban J connectivity index is 0.00000133. The van der Waals surface area contributed by atoms with Gasteiger partial charge in [-0.15, -0.1) is 12.4 Å². The van der Waals surface area contributed by atoms with Gasteiger partial charge < -0.3 is 5.32 Å². The predicted molar refractivity (Wildman–Crippen MR) is 75.3 cm³/mol. The minimum atomic E-state index is -3.58. The Morgan fingerprint density at radius 2 is 1.95 bits per heavy atom. The summed E-state index contributed by atoms with van der Waals surface area (Å²) in [6.45, 7) is 1.73. The normalized spacial score (nSPS) is 28.6. The molecule has 0 radical (unpaired) electrons. The fourth-order valence-corrected chi connectivity index (χ4v) is 4.92. The van der Waals surface area contributed by atoms with E-state index in [9.17, 15) is 12.8 Å². The molecule has 4 nitrogen and oxygen atoms in total. The molecule has 2 N–H and O–H groups in total. The van der Waals surface area contributed by atoms with Crippen LogP contribution >= 0.6 is 28.3 Å². The summed E-state index contributed by atoms with van der Waals surface area (Å²) in [6.07, 6.45) is 0. The molecule has 1 heterocycles. The second kappa shape index (κ2) is 5.29. The van der Waals surface area contributed by atoms with E-state index in [1.165, 1.54) is 6.07 Å². The molecule has 0 bridgehead atoms. The number of hydrogen-bond donors (Lipinski definition) is 2. The van der Waals surface area contributed by atoms with Crippen molar-refractivity contribution in [3.05, 3.63) is 28.5 Å². The lowest BCUT2D eigenvalue weighted by Gasteiger charge is -2.10.